The topological polar surface area (TPSA) is 117 Å². The number of para-hydroxylation sites is 1. The fraction of sp³-hybridized carbons (Fsp3) is 0.318. The van der Waals surface area contributed by atoms with Crippen molar-refractivity contribution in [2.24, 2.45) is 0 Å². The van der Waals surface area contributed by atoms with E-state index in [0.29, 0.717) is 17.5 Å². The average molecular weight is 481 g/mol. The summed E-state index contributed by atoms with van der Waals surface area (Å²) < 4.78 is 8.02. The fourth-order valence-corrected chi connectivity index (χ4v) is 5.18. The molecule has 0 spiro atoms. The maximum atomic E-state index is 5.97. The second-order valence-corrected chi connectivity index (χ2v) is 9.58. The summed E-state index contributed by atoms with van der Waals surface area (Å²) in [5, 5.41) is 15.0. The van der Waals surface area contributed by atoms with Crippen molar-refractivity contribution in [3.63, 3.8) is 0 Å². The molecule has 1 aliphatic rings. The van der Waals surface area contributed by atoms with Crippen molar-refractivity contribution in [3.05, 3.63) is 53.2 Å². The van der Waals surface area contributed by atoms with Crippen molar-refractivity contribution in [1.29, 1.82) is 0 Å². The van der Waals surface area contributed by atoms with Gasteiger partial charge < -0.3 is 15.8 Å². The Hall–Kier alpha value is -3.02. The molecule has 1 saturated heterocycles. The first-order chi connectivity index (χ1) is 16.2. The zero-order valence-corrected chi connectivity index (χ0v) is 19.8. The van der Waals surface area contributed by atoms with Crippen LogP contribution in [-0.2, 0) is 17.0 Å². The zero-order valence-electron chi connectivity index (χ0n) is 18.1. The van der Waals surface area contributed by atoms with Crippen molar-refractivity contribution in [1.82, 2.24) is 29.7 Å². The van der Waals surface area contributed by atoms with Crippen molar-refractivity contribution in [3.8, 4) is 10.7 Å². The van der Waals surface area contributed by atoms with E-state index in [1.807, 2.05) is 42.6 Å². The van der Waals surface area contributed by atoms with Crippen LogP contribution in [0, 0.1) is 6.92 Å². The number of thioether (sulfide) groups is 1. The van der Waals surface area contributed by atoms with Gasteiger partial charge in [0.2, 0.25) is 11.9 Å². The monoisotopic (exact) mass is 480 g/mol. The van der Waals surface area contributed by atoms with Crippen molar-refractivity contribution in [2.45, 2.75) is 43.3 Å². The number of hydrogen-bond acceptors (Lipinski definition) is 10. The normalized spacial score (nSPS) is 15.7. The van der Waals surface area contributed by atoms with Gasteiger partial charge in [0.25, 0.3) is 0 Å². The standard InChI is InChI=1S/C22H24N8OS2/c1-14-6-2-3-8-16(14)24-21-26-18(25-20(23)27-21)13-33-22-29-28-19(17-9-5-11-32-17)30(22)12-15-7-4-10-31-15/h2-3,5-6,8-9,11,15H,4,7,10,12-13H2,1H3,(H3,23,24,25,26,27)/t15-/m1/s1. The third-order valence-corrected chi connectivity index (χ3v) is 7.12. The highest BCUT2D eigenvalue weighted by molar-refractivity contribution is 7.98. The first-order valence-corrected chi connectivity index (χ1v) is 12.6. The third-order valence-electron chi connectivity index (χ3n) is 5.29. The van der Waals surface area contributed by atoms with E-state index >= 15 is 0 Å². The lowest BCUT2D eigenvalue weighted by molar-refractivity contribution is 0.0953. The third kappa shape index (κ3) is 5.15. The number of nitrogen functional groups attached to an aromatic ring is 1. The maximum absolute atomic E-state index is 5.97. The van der Waals surface area contributed by atoms with Gasteiger partial charge in [0.05, 0.1) is 23.3 Å². The van der Waals surface area contributed by atoms with Crippen LogP contribution in [0.5, 0.6) is 0 Å². The van der Waals surface area contributed by atoms with Gasteiger partial charge >= 0.3 is 0 Å². The molecule has 0 radical (unpaired) electrons. The molecule has 3 N–H and O–H groups in total. The molecule has 33 heavy (non-hydrogen) atoms. The number of anilines is 3. The van der Waals surface area contributed by atoms with E-state index in [-0.39, 0.29) is 12.1 Å². The second kappa shape index (κ2) is 9.86. The SMILES string of the molecule is Cc1ccccc1Nc1nc(N)nc(CSc2nnc(-c3cccs3)n2C[C@H]2CCCO2)n1. The van der Waals surface area contributed by atoms with Crippen LogP contribution in [0.1, 0.15) is 24.2 Å². The van der Waals surface area contributed by atoms with E-state index in [2.05, 4.69) is 41.1 Å². The maximum Gasteiger partial charge on any atom is 0.232 e. The smallest absolute Gasteiger partial charge is 0.232 e. The van der Waals surface area contributed by atoms with Crippen LogP contribution in [0.15, 0.2) is 46.9 Å². The minimum absolute atomic E-state index is 0.178. The van der Waals surface area contributed by atoms with E-state index in [0.717, 1.165) is 53.1 Å². The van der Waals surface area contributed by atoms with E-state index in [1.165, 1.54) is 11.8 Å². The lowest BCUT2D eigenvalue weighted by atomic mass is 10.2. The highest BCUT2D eigenvalue weighted by Crippen LogP contribution is 2.30. The summed E-state index contributed by atoms with van der Waals surface area (Å²) in [5.41, 5.74) is 7.99. The molecule has 4 heterocycles. The average Bonchev–Trinajstić information content (AvgIpc) is 3.56. The molecule has 170 valence electrons. The Kier molecular flexibility index (Phi) is 6.51. The fourth-order valence-electron chi connectivity index (χ4n) is 3.66. The number of nitrogens with two attached hydrogens (primary N) is 1. The number of aromatic nitrogens is 6. The Balaban J connectivity index is 1.36. The number of hydrogen-bond donors (Lipinski definition) is 2. The molecule has 5 rings (SSSR count). The molecule has 4 aromatic rings. The van der Waals surface area contributed by atoms with Gasteiger partial charge in [-0.25, -0.2) is 0 Å². The quantitative estimate of drug-likeness (QED) is 0.356. The first-order valence-electron chi connectivity index (χ1n) is 10.7. The number of aryl methyl sites for hydroxylation is 1. The molecule has 0 amide bonds. The molecule has 1 aromatic carbocycles. The van der Waals surface area contributed by atoms with Gasteiger partial charge in [-0.2, -0.15) is 15.0 Å². The first kappa shape index (κ1) is 21.8. The van der Waals surface area contributed by atoms with Crippen molar-refractivity contribution in [2.75, 3.05) is 17.7 Å². The summed E-state index contributed by atoms with van der Waals surface area (Å²) in [7, 11) is 0. The summed E-state index contributed by atoms with van der Waals surface area (Å²) in [6.07, 6.45) is 2.31. The molecule has 0 saturated carbocycles. The van der Waals surface area contributed by atoms with Crippen molar-refractivity contribution < 1.29 is 4.74 Å². The molecule has 0 unspecified atom stereocenters. The Morgan fingerprint density at radius 2 is 2.09 bits per heavy atom. The Bertz CT molecular complexity index is 1220. The van der Waals surface area contributed by atoms with Crippen LogP contribution >= 0.6 is 23.1 Å². The van der Waals surface area contributed by atoms with Crippen LogP contribution in [0.3, 0.4) is 0 Å². The lowest BCUT2D eigenvalue weighted by Crippen LogP contribution is -2.16. The van der Waals surface area contributed by atoms with Crippen LogP contribution in [-0.4, -0.2) is 42.4 Å². The molecule has 9 nitrogen and oxygen atoms in total. The number of benzene rings is 1. The van der Waals surface area contributed by atoms with Crippen LogP contribution in [0.2, 0.25) is 0 Å². The lowest BCUT2D eigenvalue weighted by Gasteiger charge is -2.14. The van der Waals surface area contributed by atoms with Gasteiger partial charge in [-0.15, -0.1) is 21.5 Å². The summed E-state index contributed by atoms with van der Waals surface area (Å²) in [5.74, 6) is 2.53. The summed E-state index contributed by atoms with van der Waals surface area (Å²) in [6.45, 7) is 3.56. The minimum atomic E-state index is 0.178. The van der Waals surface area contributed by atoms with Crippen LogP contribution in [0.25, 0.3) is 10.7 Å². The molecule has 1 fully saturated rings. The summed E-state index contributed by atoms with van der Waals surface area (Å²) in [6, 6.07) is 12.0. The number of ether oxygens (including phenoxy) is 1. The van der Waals surface area contributed by atoms with Gasteiger partial charge in [-0.1, -0.05) is 36.0 Å². The van der Waals surface area contributed by atoms with E-state index in [9.17, 15) is 0 Å². The molecule has 0 bridgehead atoms. The van der Waals surface area contributed by atoms with E-state index in [1.54, 1.807) is 11.3 Å². The number of rotatable bonds is 8. The minimum Gasteiger partial charge on any atom is -0.376 e. The Labute approximate surface area is 199 Å². The predicted octanol–water partition coefficient (Wildman–Crippen LogP) is 4.30. The Morgan fingerprint density at radius 3 is 2.88 bits per heavy atom. The molecular weight excluding hydrogens is 456 g/mol. The van der Waals surface area contributed by atoms with Crippen LogP contribution in [0.4, 0.5) is 17.6 Å². The van der Waals surface area contributed by atoms with E-state index in [4.69, 9.17) is 10.5 Å². The predicted molar refractivity (Wildman–Crippen MR) is 131 cm³/mol. The highest BCUT2D eigenvalue weighted by atomic mass is 32.2. The molecule has 3 aromatic heterocycles. The van der Waals surface area contributed by atoms with Gasteiger partial charge in [0, 0.05) is 12.3 Å². The zero-order chi connectivity index (χ0) is 22.6. The number of nitrogens with one attached hydrogen (secondary N) is 1. The largest absolute Gasteiger partial charge is 0.376 e. The van der Waals surface area contributed by atoms with Gasteiger partial charge in [-0.3, -0.25) is 4.57 Å². The molecule has 11 heteroatoms. The Morgan fingerprint density at radius 1 is 1.18 bits per heavy atom. The molecule has 1 aliphatic heterocycles. The highest BCUT2D eigenvalue weighted by Gasteiger charge is 2.22. The van der Waals surface area contributed by atoms with Gasteiger partial charge in [0.15, 0.2) is 11.0 Å². The van der Waals surface area contributed by atoms with Gasteiger partial charge in [0.1, 0.15) is 5.82 Å². The summed E-state index contributed by atoms with van der Waals surface area (Å²) in [4.78, 5) is 14.2. The molecule has 0 aliphatic carbocycles. The molecular formula is C22H24N8OS2. The van der Waals surface area contributed by atoms with Crippen LogP contribution < -0.4 is 11.1 Å². The number of thiophene rings is 1. The summed E-state index contributed by atoms with van der Waals surface area (Å²) >= 11 is 3.18. The van der Waals surface area contributed by atoms with Gasteiger partial charge in [-0.05, 0) is 42.8 Å². The van der Waals surface area contributed by atoms with E-state index < -0.39 is 0 Å². The molecule has 1 atom stereocenters. The van der Waals surface area contributed by atoms with Crippen molar-refractivity contribution >= 4 is 40.7 Å². The second-order valence-electron chi connectivity index (χ2n) is 7.69. The number of nitrogens with zero attached hydrogens (tertiary/aromatic N) is 6.